The molecule has 22 heavy (non-hydrogen) atoms. The highest BCUT2D eigenvalue weighted by Gasteiger charge is 2.22. The van der Waals surface area contributed by atoms with Crippen molar-refractivity contribution in [3.8, 4) is 5.75 Å². The lowest BCUT2D eigenvalue weighted by Crippen LogP contribution is -2.52. The summed E-state index contributed by atoms with van der Waals surface area (Å²) in [5.74, 6) is 1.19. The molecule has 0 bridgehead atoms. The first-order valence-corrected chi connectivity index (χ1v) is 7.82. The Morgan fingerprint density at radius 3 is 2.64 bits per heavy atom. The van der Waals surface area contributed by atoms with Crippen molar-refractivity contribution in [3.05, 3.63) is 29.8 Å². The lowest BCUT2D eigenvalue weighted by atomic mass is 10.00. The first kappa shape index (κ1) is 18.8. The quantitative estimate of drug-likeness (QED) is 0.874. The van der Waals surface area contributed by atoms with Gasteiger partial charge in [0.05, 0.1) is 0 Å². The van der Waals surface area contributed by atoms with E-state index in [4.69, 9.17) is 4.74 Å². The molecule has 0 aromatic heterocycles. The van der Waals surface area contributed by atoms with E-state index in [1.165, 1.54) is 5.56 Å². The minimum absolute atomic E-state index is 0. The Labute approximate surface area is 139 Å². The summed E-state index contributed by atoms with van der Waals surface area (Å²) >= 11 is 0. The molecule has 5 heteroatoms. The van der Waals surface area contributed by atoms with Crippen LogP contribution in [0.15, 0.2) is 24.3 Å². The maximum absolute atomic E-state index is 11.9. The molecule has 1 fully saturated rings. The molecule has 2 atom stereocenters. The zero-order valence-corrected chi connectivity index (χ0v) is 14.4. The molecule has 0 saturated carbocycles. The summed E-state index contributed by atoms with van der Waals surface area (Å²) in [6.45, 7) is 7.53. The van der Waals surface area contributed by atoms with E-state index < -0.39 is 0 Å². The van der Waals surface area contributed by atoms with Gasteiger partial charge in [0.15, 0.2) is 6.61 Å². The highest BCUT2D eigenvalue weighted by Crippen LogP contribution is 2.18. The highest BCUT2D eigenvalue weighted by molar-refractivity contribution is 5.85. The number of nitrogens with one attached hydrogen (secondary N) is 2. The summed E-state index contributed by atoms with van der Waals surface area (Å²) in [7, 11) is 0. The van der Waals surface area contributed by atoms with E-state index >= 15 is 0 Å². The van der Waals surface area contributed by atoms with E-state index in [0.717, 1.165) is 25.1 Å². The molecular formula is C17H27ClN2O2. The largest absolute Gasteiger partial charge is 0.484 e. The molecule has 1 aliphatic heterocycles. The fourth-order valence-corrected chi connectivity index (χ4v) is 2.59. The molecule has 0 aliphatic carbocycles. The van der Waals surface area contributed by atoms with Gasteiger partial charge in [-0.1, -0.05) is 26.0 Å². The van der Waals surface area contributed by atoms with E-state index in [-0.39, 0.29) is 31.0 Å². The van der Waals surface area contributed by atoms with E-state index in [2.05, 4.69) is 31.4 Å². The van der Waals surface area contributed by atoms with Crippen LogP contribution in [-0.2, 0) is 4.79 Å². The van der Waals surface area contributed by atoms with Crippen molar-refractivity contribution in [2.24, 2.45) is 0 Å². The van der Waals surface area contributed by atoms with Crippen LogP contribution in [0.2, 0.25) is 0 Å². The van der Waals surface area contributed by atoms with Gasteiger partial charge in [-0.3, -0.25) is 4.79 Å². The second-order valence-electron chi connectivity index (χ2n) is 6.07. The smallest absolute Gasteiger partial charge is 0.258 e. The van der Waals surface area contributed by atoms with Crippen LogP contribution < -0.4 is 15.4 Å². The number of piperidine rings is 1. The van der Waals surface area contributed by atoms with Crippen molar-refractivity contribution in [3.63, 3.8) is 0 Å². The third-order valence-electron chi connectivity index (χ3n) is 4.02. The second kappa shape index (κ2) is 9.01. The number of benzene rings is 1. The van der Waals surface area contributed by atoms with Crippen molar-refractivity contribution in [2.45, 2.75) is 51.6 Å². The van der Waals surface area contributed by atoms with Crippen molar-refractivity contribution in [1.29, 1.82) is 0 Å². The lowest BCUT2D eigenvalue weighted by Gasteiger charge is -2.30. The van der Waals surface area contributed by atoms with Gasteiger partial charge in [0, 0.05) is 12.1 Å². The minimum Gasteiger partial charge on any atom is -0.484 e. The normalized spacial score (nSPS) is 21.1. The van der Waals surface area contributed by atoms with Crippen LogP contribution >= 0.6 is 12.4 Å². The molecule has 2 rings (SSSR count). The van der Waals surface area contributed by atoms with Gasteiger partial charge >= 0.3 is 0 Å². The number of hydrogen-bond acceptors (Lipinski definition) is 3. The van der Waals surface area contributed by atoms with Crippen LogP contribution in [-0.4, -0.2) is 31.1 Å². The van der Waals surface area contributed by atoms with Gasteiger partial charge in [-0.25, -0.2) is 0 Å². The Kier molecular flexibility index (Phi) is 7.69. The van der Waals surface area contributed by atoms with Gasteiger partial charge in [0.2, 0.25) is 0 Å². The zero-order chi connectivity index (χ0) is 15.2. The third kappa shape index (κ3) is 5.50. The zero-order valence-electron chi connectivity index (χ0n) is 13.6. The monoisotopic (exact) mass is 326 g/mol. The standard InChI is InChI=1S/C17H26N2O2.ClH/c1-12(2)14-6-8-15(9-7-14)21-11-17(20)19-16-5-4-10-18-13(16)3;/h6-9,12-13,16,18H,4-5,10-11H2,1-3H3,(H,19,20);1H. The third-order valence-corrected chi connectivity index (χ3v) is 4.02. The number of amides is 1. The van der Waals surface area contributed by atoms with Gasteiger partial charge in [0.1, 0.15) is 5.75 Å². The Hall–Kier alpha value is -1.26. The van der Waals surface area contributed by atoms with E-state index in [0.29, 0.717) is 12.0 Å². The second-order valence-corrected chi connectivity index (χ2v) is 6.07. The van der Waals surface area contributed by atoms with Crippen molar-refractivity contribution in [1.82, 2.24) is 10.6 Å². The summed E-state index contributed by atoms with van der Waals surface area (Å²) in [5, 5.41) is 6.41. The predicted octanol–water partition coefficient (Wildman–Crippen LogP) is 2.87. The Balaban J connectivity index is 0.00000242. The summed E-state index contributed by atoms with van der Waals surface area (Å²) in [6.07, 6.45) is 2.13. The summed E-state index contributed by atoms with van der Waals surface area (Å²) < 4.78 is 5.55. The minimum atomic E-state index is -0.0523. The van der Waals surface area contributed by atoms with Crippen molar-refractivity contribution < 1.29 is 9.53 Å². The van der Waals surface area contributed by atoms with Crippen LogP contribution in [0.3, 0.4) is 0 Å². The van der Waals surface area contributed by atoms with Gasteiger partial charge in [-0.2, -0.15) is 0 Å². The van der Waals surface area contributed by atoms with Crippen molar-refractivity contribution in [2.75, 3.05) is 13.2 Å². The molecule has 0 radical (unpaired) electrons. The van der Waals surface area contributed by atoms with Gasteiger partial charge in [-0.15, -0.1) is 12.4 Å². The fraction of sp³-hybridized carbons (Fsp3) is 0.588. The van der Waals surface area contributed by atoms with Gasteiger partial charge in [-0.05, 0) is 49.9 Å². The first-order valence-electron chi connectivity index (χ1n) is 7.82. The molecule has 2 unspecified atom stereocenters. The Bertz CT molecular complexity index is 462. The van der Waals surface area contributed by atoms with Crippen LogP contribution in [0.5, 0.6) is 5.75 Å². The molecule has 1 aromatic carbocycles. The average molecular weight is 327 g/mol. The molecular weight excluding hydrogens is 300 g/mol. The molecule has 2 N–H and O–H groups in total. The van der Waals surface area contributed by atoms with Crippen LogP contribution in [0.1, 0.15) is 45.1 Å². The molecule has 4 nitrogen and oxygen atoms in total. The molecule has 1 amide bonds. The number of carbonyl (C=O) groups is 1. The predicted molar refractivity (Wildman–Crippen MR) is 91.9 cm³/mol. The van der Waals surface area contributed by atoms with E-state index in [1.807, 2.05) is 24.3 Å². The molecule has 1 aromatic rings. The number of halogens is 1. The molecule has 1 saturated heterocycles. The van der Waals surface area contributed by atoms with Crippen LogP contribution in [0.4, 0.5) is 0 Å². The Morgan fingerprint density at radius 2 is 2.05 bits per heavy atom. The van der Waals surface area contributed by atoms with Gasteiger partial charge < -0.3 is 15.4 Å². The van der Waals surface area contributed by atoms with Gasteiger partial charge in [0.25, 0.3) is 5.91 Å². The lowest BCUT2D eigenvalue weighted by molar-refractivity contribution is -0.124. The SMILES string of the molecule is CC(C)c1ccc(OCC(=O)NC2CCCNC2C)cc1.Cl. The number of carbonyl (C=O) groups excluding carboxylic acids is 1. The van der Waals surface area contributed by atoms with Crippen molar-refractivity contribution >= 4 is 18.3 Å². The first-order chi connectivity index (χ1) is 10.1. The molecule has 124 valence electrons. The summed E-state index contributed by atoms with van der Waals surface area (Å²) in [4.78, 5) is 11.9. The topological polar surface area (TPSA) is 50.4 Å². The number of hydrogen-bond donors (Lipinski definition) is 2. The molecule has 0 spiro atoms. The van der Waals surface area contributed by atoms with E-state index in [9.17, 15) is 4.79 Å². The van der Waals surface area contributed by atoms with Crippen LogP contribution in [0.25, 0.3) is 0 Å². The fourth-order valence-electron chi connectivity index (χ4n) is 2.59. The summed E-state index contributed by atoms with van der Waals surface area (Å²) in [6, 6.07) is 8.47. The molecule has 1 heterocycles. The average Bonchev–Trinajstić information content (AvgIpc) is 2.48. The number of ether oxygens (including phenoxy) is 1. The van der Waals surface area contributed by atoms with E-state index in [1.54, 1.807) is 0 Å². The maximum Gasteiger partial charge on any atom is 0.258 e. The molecule has 1 aliphatic rings. The summed E-state index contributed by atoms with van der Waals surface area (Å²) in [5.41, 5.74) is 1.27. The van der Waals surface area contributed by atoms with Crippen LogP contribution in [0, 0.1) is 0 Å². The maximum atomic E-state index is 11.9. The number of rotatable bonds is 5. The highest BCUT2D eigenvalue weighted by atomic mass is 35.5. The Morgan fingerprint density at radius 1 is 1.36 bits per heavy atom.